The standard InChI is InChI=1S/C17H19F5N2/c1-4-5-6-7-8-9(2)16(23)17(24-3)10-11(18)13(20)15(22)14(21)12(10)19/h4-6,17,24H,1,7-8,23H2,2-3H3/b6-5-,16-9-/t17-/m1/s1. The summed E-state index contributed by atoms with van der Waals surface area (Å²) in [7, 11) is 1.32. The van der Waals surface area contributed by atoms with Crippen LogP contribution in [0, 0.1) is 29.1 Å². The molecule has 0 fully saturated rings. The summed E-state index contributed by atoms with van der Waals surface area (Å²) in [5.41, 5.74) is 5.49. The molecule has 1 rings (SSSR count). The first kappa shape index (κ1) is 19.9. The molecule has 0 unspecified atom stereocenters. The van der Waals surface area contributed by atoms with Gasteiger partial charge in [-0.1, -0.05) is 30.4 Å². The molecule has 24 heavy (non-hydrogen) atoms. The number of halogens is 5. The van der Waals surface area contributed by atoms with Crippen LogP contribution < -0.4 is 11.1 Å². The molecule has 0 saturated heterocycles. The van der Waals surface area contributed by atoms with Crippen molar-refractivity contribution in [1.29, 1.82) is 0 Å². The minimum Gasteiger partial charge on any atom is -0.401 e. The van der Waals surface area contributed by atoms with Crippen LogP contribution in [0.15, 0.2) is 36.1 Å². The smallest absolute Gasteiger partial charge is 0.200 e. The fourth-order valence-corrected chi connectivity index (χ4v) is 2.21. The summed E-state index contributed by atoms with van der Waals surface area (Å²) in [4.78, 5) is 0. The lowest BCUT2D eigenvalue weighted by atomic mass is 9.97. The number of rotatable bonds is 7. The van der Waals surface area contributed by atoms with Crippen molar-refractivity contribution in [2.75, 3.05) is 7.05 Å². The molecule has 1 aromatic rings. The molecule has 0 spiro atoms. The van der Waals surface area contributed by atoms with Crippen molar-refractivity contribution < 1.29 is 22.0 Å². The number of hydrogen-bond donors (Lipinski definition) is 2. The molecule has 132 valence electrons. The Morgan fingerprint density at radius 1 is 1.08 bits per heavy atom. The zero-order valence-electron chi connectivity index (χ0n) is 13.4. The van der Waals surface area contributed by atoms with E-state index in [1.807, 2.05) is 6.08 Å². The minimum atomic E-state index is -2.20. The molecule has 2 nitrogen and oxygen atoms in total. The quantitative estimate of drug-likeness (QED) is 0.332. The van der Waals surface area contributed by atoms with Crippen LogP contribution in [0.25, 0.3) is 0 Å². The maximum atomic E-state index is 14.0. The third-order valence-corrected chi connectivity index (χ3v) is 3.58. The van der Waals surface area contributed by atoms with Crippen LogP contribution in [-0.4, -0.2) is 7.05 Å². The molecule has 1 atom stereocenters. The lowest BCUT2D eigenvalue weighted by Crippen LogP contribution is -2.27. The van der Waals surface area contributed by atoms with E-state index < -0.39 is 40.7 Å². The Bertz CT molecular complexity index is 651. The van der Waals surface area contributed by atoms with Gasteiger partial charge in [0.25, 0.3) is 0 Å². The van der Waals surface area contributed by atoms with E-state index in [0.29, 0.717) is 18.4 Å². The van der Waals surface area contributed by atoms with Crippen LogP contribution in [0.1, 0.15) is 31.4 Å². The van der Waals surface area contributed by atoms with Crippen LogP contribution in [0.5, 0.6) is 0 Å². The second-order valence-corrected chi connectivity index (χ2v) is 5.14. The van der Waals surface area contributed by atoms with Crippen molar-refractivity contribution in [1.82, 2.24) is 5.32 Å². The monoisotopic (exact) mass is 346 g/mol. The molecule has 0 aliphatic heterocycles. The lowest BCUT2D eigenvalue weighted by molar-refractivity contribution is 0.363. The fourth-order valence-electron chi connectivity index (χ4n) is 2.21. The van der Waals surface area contributed by atoms with E-state index in [2.05, 4.69) is 11.9 Å². The van der Waals surface area contributed by atoms with Gasteiger partial charge in [0.1, 0.15) is 0 Å². The Balaban J connectivity index is 3.31. The van der Waals surface area contributed by atoms with Gasteiger partial charge in [0, 0.05) is 5.70 Å². The first-order valence-corrected chi connectivity index (χ1v) is 7.19. The van der Waals surface area contributed by atoms with Gasteiger partial charge in [-0.3, -0.25) is 0 Å². The normalized spacial score (nSPS) is 14.0. The van der Waals surface area contributed by atoms with Crippen LogP contribution in [0.4, 0.5) is 22.0 Å². The minimum absolute atomic E-state index is 0.00714. The van der Waals surface area contributed by atoms with Gasteiger partial charge in [-0.05, 0) is 26.8 Å². The van der Waals surface area contributed by atoms with Crippen molar-refractivity contribution in [3.63, 3.8) is 0 Å². The average Bonchev–Trinajstić information content (AvgIpc) is 2.58. The van der Waals surface area contributed by atoms with Crippen molar-refractivity contribution in [3.8, 4) is 0 Å². The Kier molecular flexibility index (Phi) is 7.16. The van der Waals surface area contributed by atoms with Crippen molar-refractivity contribution in [2.45, 2.75) is 25.8 Å². The van der Waals surface area contributed by atoms with Crippen molar-refractivity contribution >= 4 is 0 Å². The number of hydrogen-bond acceptors (Lipinski definition) is 2. The van der Waals surface area contributed by atoms with E-state index in [1.165, 1.54) is 7.05 Å². The summed E-state index contributed by atoms with van der Waals surface area (Å²) in [6, 6.07) is -1.34. The van der Waals surface area contributed by atoms with Crippen LogP contribution in [0.3, 0.4) is 0 Å². The van der Waals surface area contributed by atoms with Gasteiger partial charge in [0.2, 0.25) is 5.82 Å². The predicted molar refractivity (Wildman–Crippen MR) is 83.5 cm³/mol. The van der Waals surface area contributed by atoms with E-state index in [0.717, 1.165) is 0 Å². The summed E-state index contributed by atoms with van der Waals surface area (Å²) in [6.45, 7) is 5.15. The van der Waals surface area contributed by atoms with Gasteiger partial charge in [0.15, 0.2) is 23.3 Å². The largest absolute Gasteiger partial charge is 0.401 e. The molecule has 0 saturated carbocycles. The summed E-state index contributed by atoms with van der Waals surface area (Å²) in [5, 5.41) is 2.50. The average molecular weight is 346 g/mol. The SMILES string of the molecule is C=C/C=C\CC/C(C)=C(\N)[C@H](NC)c1c(F)c(F)c(F)c(F)c1F. The molecular weight excluding hydrogens is 327 g/mol. The summed E-state index contributed by atoms with van der Waals surface area (Å²) in [6.07, 6.45) is 6.18. The molecule has 0 aliphatic carbocycles. The second-order valence-electron chi connectivity index (χ2n) is 5.14. The van der Waals surface area contributed by atoms with Gasteiger partial charge in [0.05, 0.1) is 11.6 Å². The number of benzene rings is 1. The van der Waals surface area contributed by atoms with Crippen molar-refractivity contribution in [2.24, 2.45) is 5.73 Å². The number of nitrogens with one attached hydrogen (secondary N) is 1. The predicted octanol–water partition coefficient (Wildman–Crippen LogP) is 4.40. The summed E-state index contributed by atoms with van der Waals surface area (Å²) < 4.78 is 67.8. The van der Waals surface area contributed by atoms with Crippen LogP contribution in [-0.2, 0) is 0 Å². The number of allylic oxidation sites excluding steroid dienone is 4. The Morgan fingerprint density at radius 2 is 1.58 bits per heavy atom. The molecule has 1 aromatic carbocycles. The van der Waals surface area contributed by atoms with Crippen LogP contribution >= 0.6 is 0 Å². The van der Waals surface area contributed by atoms with Gasteiger partial charge >= 0.3 is 0 Å². The van der Waals surface area contributed by atoms with Gasteiger partial charge in [-0.25, -0.2) is 22.0 Å². The van der Waals surface area contributed by atoms with Gasteiger partial charge in [-0.15, -0.1) is 0 Å². The summed E-state index contributed by atoms with van der Waals surface area (Å²) in [5.74, 6) is -9.98. The topological polar surface area (TPSA) is 38.0 Å². The maximum Gasteiger partial charge on any atom is 0.200 e. The third kappa shape index (κ3) is 4.03. The first-order chi connectivity index (χ1) is 11.3. The fraction of sp³-hybridized carbons (Fsp3) is 0.294. The molecular formula is C17H19F5N2. The zero-order valence-corrected chi connectivity index (χ0v) is 13.4. The Morgan fingerprint density at radius 3 is 2.04 bits per heavy atom. The molecule has 7 heteroatoms. The van der Waals surface area contributed by atoms with Crippen LogP contribution in [0.2, 0.25) is 0 Å². The highest BCUT2D eigenvalue weighted by Gasteiger charge is 2.31. The highest BCUT2D eigenvalue weighted by Crippen LogP contribution is 2.31. The molecule has 0 aromatic heterocycles. The molecule has 0 bridgehead atoms. The van der Waals surface area contributed by atoms with Crippen molar-refractivity contribution in [3.05, 3.63) is 70.7 Å². The highest BCUT2D eigenvalue weighted by molar-refractivity contribution is 5.33. The Hall–Kier alpha value is -2.15. The first-order valence-electron chi connectivity index (χ1n) is 7.19. The highest BCUT2D eigenvalue weighted by atomic mass is 19.2. The van der Waals surface area contributed by atoms with E-state index >= 15 is 0 Å². The molecule has 0 heterocycles. The number of nitrogens with two attached hydrogens (primary N) is 1. The van der Waals surface area contributed by atoms with Gasteiger partial charge in [-0.2, -0.15) is 0 Å². The molecule has 0 radical (unpaired) electrons. The van der Waals surface area contributed by atoms with E-state index in [9.17, 15) is 22.0 Å². The van der Waals surface area contributed by atoms with Gasteiger partial charge < -0.3 is 11.1 Å². The molecule has 0 aliphatic rings. The summed E-state index contributed by atoms with van der Waals surface area (Å²) >= 11 is 0. The zero-order chi connectivity index (χ0) is 18.4. The van der Waals surface area contributed by atoms with E-state index in [-0.39, 0.29) is 5.70 Å². The Labute approximate surface area is 137 Å². The third-order valence-electron chi connectivity index (χ3n) is 3.58. The lowest BCUT2D eigenvalue weighted by Gasteiger charge is -2.21. The van der Waals surface area contributed by atoms with E-state index in [4.69, 9.17) is 5.73 Å². The van der Waals surface area contributed by atoms with E-state index in [1.54, 1.807) is 19.1 Å². The second kappa shape index (κ2) is 8.63. The number of likely N-dealkylation sites (N-methyl/N-ethyl adjacent to an activating group) is 1. The maximum absolute atomic E-state index is 14.0. The molecule has 3 N–H and O–H groups in total. The molecule has 0 amide bonds.